The lowest BCUT2D eigenvalue weighted by atomic mass is 10.2. The summed E-state index contributed by atoms with van der Waals surface area (Å²) in [5.74, 6) is 0.836. The minimum absolute atomic E-state index is 0.306. The first-order valence-corrected chi connectivity index (χ1v) is 6.58. The van der Waals surface area contributed by atoms with E-state index >= 15 is 0 Å². The zero-order valence-corrected chi connectivity index (χ0v) is 11.9. The molecule has 0 saturated heterocycles. The van der Waals surface area contributed by atoms with Crippen molar-refractivity contribution < 1.29 is 4.74 Å². The summed E-state index contributed by atoms with van der Waals surface area (Å²) in [7, 11) is 0. The Kier molecular flexibility index (Phi) is 4.82. The molecule has 0 atom stereocenters. The van der Waals surface area contributed by atoms with Crippen molar-refractivity contribution >= 4 is 28.9 Å². The summed E-state index contributed by atoms with van der Waals surface area (Å²) in [6.07, 6.45) is 1.32. The van der Waals surface area contributed by atoms with Crippen LogP contribution in [0.1, 0.15) is 12.5 Å². The molecule has 4 nitrogen and oxygen atoms in total. The molecule has 0 radical (unpaired) electrons. The van der Waals surface area contributed by atoms with Crippen LogP contribution in [0.25, 0.3) is 0 Å². The lowest BCUT2D eigenvalue weighted by molar-refractivity contribution is 0.340. The average Bonchev–Trinajstić information content (AvgIpc) is 2.39. The number of nitrogens with zero attached hydrogens (tertiary/aromatic N) is 2. The number of hydrogen-bond acceptors (Lipinski definition) is 4. The van der Waals surface area contributed by atoms with E-state index in [1.54, 1.807) is 0 Å². The van der Waals surface area contributed by atoms with E-state index in [9.17, 15) is 0 Å². The lowest BCUT2D eigenvalue weighted by Gasteiger charge is -2.10. The number of nitrogens with one attached hydrogen (secondary N) is 1. The van der Waals surface area contributed by atoms with E-state index in [0.717, 1.165) is 11.3 Å². The Labute approximate surface area is 121 Å². The summed E-state index contributed by atoms with van der Waals surface area (Å²) in [5.41, 5.74) is 1.59. The fourth-order valence-corrected chi connectivity index (χ4v) is 2.04. The van der Waals surface area contributed by atoms with E-state index in [4.69, 9.17) is 27.9 Å². The first kappa shape index (κ1) is 13.9. The molecule has 0 spiro atoms. The van der Waals surface area contributed by atoms with Gasteiger partial charge in [0.25, 0.3) is 0 Å². The number of anilines is 1. The monoisotopic (exact) mass is 297 g/mol. The van der Waals surface area contributed by atoms with Crippen LogP contribution in [-0.4, -0.2) is 16.6 Å². The maximum atomic E-state index is 5.95. The molecule has 0 aliphatic heterocycles. The minimum Gasteiger partial charge on any atom is -0.494 e. The van der Waals surface area contributed by atoms with Crippen molar-refractivity contribution in [3.8, 4) is 5.75 Å². The smallest absolute Gasteiger partial charge is 0.157 e. The van der Waals surface area contributed by atoms with E-state index < -0.39 is 0 Å². The molecule has 1 heterocycles. The zero-order chi connectivity index (χ0) is 13.7. The summed E-state index contributed by atoms with van der Waals surface area (Å²) in [6.45, 7) is 3.15. The van der Waals surface area contributed by atoms with Gasteiger partial charge in [0.1, 0.15) is 17.8 Å². The Hall–Kier alpha value is -1.52. The van der Waals surface area contributed by atoms with Gasteiger partial charge in [0.15, 0.2) is 10.3 Å². The average molecular weight is 298 g/mol. The van der Waals surface area contributed by atoms with Crippen molar-refractivity contribution in [1.29, 1.82) is 0 Å². The molecule has 1 aromatic carbocycles. The third kappa shape index (κ3) is 3.72. The second kappa shape index (κ2) is 6.59. The van der Waals surface area contributed by atoms with Gasteiger partial charge in [0, 0.05) is 6.54 Å². The molecule has 2 aromatic rings. The molecule has 100 valence electrons. The van der Waals surface area contributed by atoms with Crippen molar-refractivity contribution in [3.05, 3.63) is 46.5 Å². The van der Waals surface area contributed by atoms with Gasteiger partial charge in [0.05, 0.1) is 6.61 Å². The first-order chi connectivity index (χ1) is 9.20. The van der Waals surface area contributed by atoms with Gasteiger partial charge in [-0.05, 0) is 24.6 Å². The van der Waals surface area contributed by atoms with Crippen molar-refractivity contribution in [2.24, 2.45) is 0 Å². The fraction of sp³-hybridized carbons (Fsp3) is 0.231. The Balaban J connectivity index is 2.08. The zero-order valence-electron chi connectivity index (χ0n) is 10.4. The number of hydrogen-bond donors (Lipinski definition) is 1. The molecule has 0 amide bonds. The van der Waals surface area contributed by atoms with Crippen LogP contribution in [0, 0.1) is 0 Å². The summed E-state index contributed by atoms with van der Waals surface area (Å²) in [5, 5.41) is 3.74. The number of aromatic nitrogens is 2. The van der Waals surface area contributed by atoms with Gasteiger partial charge in [-0.25, -0.2) is 9.97 Å². The van der Waals surface area contributed by atoms with E-state index in [2.05, 4.69) is 15.3 Å². The number of halogens is 2. The van der Waals surface area contributed by atoms with Gasteiger partial charge < -0.3 is 10.1 Å². The highest BCUT2D eigenvalue weighted by atomic mass is 35.5. The van der Waals surface area contributed by atoms with Crippen LogP contribution in [0.15, 0.2) is 30.6 Å². The molecule has 2 rings (SSSR count). The molecule has 19 heavy (non-hydrogen) atoms. The van der Waals surface area contributed by atoms with Crippen LogP contribution < -0.4 is 10.1 Å². The highest BCUT2D eigenvalue weighted by molar-refractivity contribution is 6.37. The largest absolute Gasteiger partial charge is 0.494 e. The van der Waals surface area contributed by atoms with Crippen molar-refractivity contribution in [2.45, 2.75) is 13.5 Å². The lowest BCUT2D eigenvalue weighted by Crippen LogP contribution is -2.03. The molecule has 0 bridgehead atoms. The second-order valence-electron chi connectivity index (χ2n) is 3.76. The van der Waals surface area contributed by atoms with Crippen LogP contribution in [-0.2, 0) is 6.54 Å². The molecule has 0 fully saturated rings. The van der Waals surface area contributed by atoms with Crippen molar-refractivity contribution in [3.63, 3.8) is 0 Å². The van der Waals surface area contributed by atoms with Gasteiger partial charge in [0.2, 0.25) is 0 Å². The van der Waals surface area contributed by atoms with E-state index in [-0.39, 0.29) is 0 Å². The van der Waals surface area contributed by atoms with Gasteiger partial charge >= 0.3 is 0 Å². The van der Waals surface area contributed by atoms with Crippen LogP contribution in [0.3, 0.4) is 0 Å². The van der Waals surface area contributed by atoms with Gasteiger partial charge in [-0.2, -0.15) is 0 Å². The number of ether oxygens (including phenoxy) is 1. The van der Waals surface area contributed by atoms with Crippen LogP contribution in [0.2, 0.25) is 10.3 Å². The van der Waals surface area contributed by atoms with Crippen LogP contribution >= 0.6 is 23.2 Å². The van der Waals surface area contributed by atoms with Gasteiger partial charge in [-0.1, -0.05) is 35.3 Å². The quantitative estimate of drug-likeness (QED) is 0.853. The minimum atomic E-state index is 0.306. The van der Waals surface area contributed by atoms with E-state index in [0.29, 0.717) is 29.1 Å². The maximum Gasteiger partial charge on any atom is 0.157 e. The predicted molar refractivity (Wildman–Crippen MR) is 77.0 cm³/mol. The summed E-state index contributed by atoms with van der Waals surface area (Å²) >= 11 is 11.9. The molecule has 0 aliphatic carbocycles. The van der Waals surface area contributed by atoms with Gasteiger partial charge in [-0.15, -0.1) is 0 Å². The topological polar surface area (TPSA) is 47.0 Å². The molecule has 0 aliphatic rings. The van der Waals surface area contributed by atoms with Crippen LogP contribution in [0.4, 0.5) is 5.69 Å². The Bertz CT molecular complexity index is 543. The van der Waals surface area contributed by atoms with Crippen molar-refractivity contribution in [1.82, 2.24) is 9.97 Å². The number of rotatable bonds is 5. The van der Waals surface area contributed by atoms with Crippen LogP contribution in [0.5, 0.6) is 5.75 Å². The third-order valence-corrected chi connectivity index (χ3v) is 3.01. The van der Waals surface area contributed by atoms with Gasteiger partial charge in [-0.3, -0.25) is 0 Å². The molecule has 0 saturated carbocycles. The van der Waals surface area contributed by atoms with E-state index in [1.807, 2.05) is 31.2 Å². The second-order valence-corrected chi connectivity index (χ2v) is 4.48. The summed E-state index contributed by atoms with van der Waals surface area (Å²) < 4.78 is 5.44. The molecular weight excluding hydrogens is 285 g/mol. The fourth-order valence-electron chi connectivity index (χ4n) is 1.59. The highest BCUT2D eigenvalue weighted by Crippen LogP contribution is 2.26. The third-order valence-electron chi connectivity index (χ3n) is 2.43. The van der Waals surface area contributed by atoms with E-state index in [1.165, 1.54) is 6.33 Å². The predicted octanol–water partition coefficient (Wildman–Crippen LogP) is 3.79. The molecule has 1 aromatic heterocycles. The maximum absolute atomic E-state index is 5.95. The molecule has 6 heteroatoms. The number of benzene rings is 1. The Morgan fingerprint density at radius 2 is 1.95 bits per heavy atom. The van der Waals surface area contributed by atoms with Crippen molar-refractivity contribution in [2.75, 3.05) is 11.9 Å². The standard InChI is InChI=1S/C13H13Cl2N3O/c1-2-19-10-5-3-4-9(6-10)7-16-11-12(14)17-8-18-13(11)15/h3-6,8,16H,2,7H2,1H3. The Morgan fingerprint density at radius 3 is 2.63 bits per heavy atom. The normalized spacial score (nSPS) is 10.3. The molecule has 0 unspecified atom stereocenters. The first-order valence-electron chi connectivity index (χ1n) is 5.82. The Morgan fingerprint density at radius 1 is 1.21 bits per heavy atom. The highest BCUT2D eigenvalue weighted by Gasteiger charge is 2.07. The SMILES string of the molecule is CCOc1cccc(CNc2c(Cl)ncnc2Cl)c1. The summed E-state index contributed by atoms with van der Waals surface area (Å²) in [4.78, 5) is 7.76. The molecule has 1 N–H and O–H groups in total. The summed E-state index contributed by atoms with van der Waals surface area (Å²) in [6, 6.07) is 7.80. The molecular formula is C13H13Cl2N3O.